The van der Waals surface area contributed by atoms with E-state index in [9.17, 15) is 0 Å². The minimum atomic E-state index is -0.163. The molecule has 0 aromatic heterocycles. The summed E-state index contributed by atoms with van der Waals surface area (Å²) in [6, 6.07) is 8.82. The van der Waals surface area contributed by atoms with Gasteiger partial charge in [-0.25, -0.2) is 0 Å². The van der Waals surface area contributed by atoms with Gasteiger partial charge < -0.3 is 19.7 Å². The second-order valence-corrected chi connectivity index (χ2v) is 4.74. The molecule has 4 nitrogen and oxygen atoms in total. The first-order valence-corrected chi connectivity index (χ1v) is 7.09. The number of nitrogens with one attached hydrogen (secondary N) is 1. The van der Waals surface area contributed by atoms with E-state index in [1.165, 1.54) is 11.4 Å². The molecular weight excluding hydrogens is 240 g/mol. The van der Waals surface area contributed by atoms with Crippen molar-refractivity contribution in [1.82, 2.24) is 0 Å². The highest BCUT2D eigenvalue weighted by Crippen LogP contribution is 2.31. The SMILES string of the molecule is CCOC(CN1c2ccccc2NCC1C)OCC. The highest BCUT2D eigenvalue weighted by atomic mass is 16.7. The lowest BCUT2D eigenvalue weighted by Crippen LogP contribution is -2.47. The van der Waals surface area contributed by atoms with Crippen LogP contribution in [0, 0.1) is 0 Å². The Bertz CT molecular complexity index is 391. The highest BCUT2D eigenvalue weighted by Gasteiger charge is 2.25. The van der Waals surface area contributed by atoms with E-state index < -0.39 is 0 Å². The Balaban J connectivity index is 2.13. The van der Waals surface area contributed by atoms with Gasteiger partial charge >= 0.3 is 0 Å². The van der Waals surface area contributed by atoms with E-state index in [2.05, 4.69) is 41.4 Å². The molecule has 19 heavy (non-hydrogen) atoms. The van der Waals surface area contributed by atoms with Crippen molar-refractivity contribution in [3.63, 3.8) is 0 Å². The fraction of sp³-hybridized carbons (Fsp3) is 0.600. The second-order valence-electron chi connectivity index (χ2n) is 4.74. The molecule has 1 aromatic carbocycles. The first-order chi connectivity index (χ1) is 9.26. The topological polar surface area (TPSA) is 33.7 Å². The predicted octanol–water partition coefficient (Wildman–Crippen LogP) is 2.71. The normalized spacial score (nSPS) is 18.3. The number of fused-ring (bicyclic) bond motifs is 1. The second kappa shape index (κ2) is 6.78. The van der Waals surface area contributed by atoms with E-state index in [0.717, 1.165) is 13.1 Å². The first-order valence-electron chi connectivity index (χ1n) is 7.09. The summed E-state index contributed by atoms with van der Waals surface area (Å²) in [5.74, 6) is 0. The van der Waals surface area contributed by atoms with Gasteiger partial charge in [0.15, 0.2) is 6.29 Å². The largest absolute Gasteiger partial charge is 0.381 e. The molecule has 1 N–H and O–H groups in total. The van der Waals surface area contributed by atoms with Gasteiger partial charge in [-0.2, -0.15) is 0 Å². The quantitative estimate of drug-likeness (QED) is 0.801. The van der Waals surface area contributed by atoms with Crippen LogP contribution in [0.4, 0.5) is 11.4 Å². The van der Waals surface area contributed by atoms with Crippen LogP contribution in [0.5, 0.6) is 0 Å². The molecule has 0 radical (unpaired) electrons. The summed E-state index contributed by atoms with van der Waals surface area (Å²) in [5, 5.41) is 3.46. The standard InChI is InChI=1S/C15H24N2O2/c1-4-18-15(19-5-2)11-17-12(3)10-16-13-8-6-7-9-14(13)17/h6-9,12,15-16H,4-5,10-11H2,1-3H3. The molecule has 0 saturated heterocycles. The third-order valence-corrected chi connectivity index (χ3v) is 3.38. The van der Waals surface area contributed by atoms with Crippen molar-refractivity contribution in [3.05, 3.63) is 24.3 Å². The molecule has 1 aromatic rings. The molecule has 1 heterocycles. The molecule has 0 saturated carbocycles. The number of ether oxygens (including phenoxy) is 2. The lowest BCUT2D eigenvalue weighted by Gasteiger charge is -2.39. The third-order valence-electron chi connectivity index (χ3n) is 3.38. The lowest BCUT2D eigenvalue weighted by atomic mass is 10.1. The van der Waals surface area contributed by atoms with Crippen LogP contribution in [0.1, 0.15) is 20.8 Å². The fourth-order valence-corrected chi connectivity index (χ4v) is 2.44. The van der Waals surface area contributed by atoms with Crippen molar-refractivity contribution in [2.45, 2.75) is 33.1 Å². The van der Waals surface area contributed by atoms with Gasteiger partial charge in [-0.1, -0.05) is 12.1 Å². The smallest absolute Gasteiger partial charge is 0.174 e. The van der Waals surface area contributed by atoms with E-state index in [1.54, 1.807) is 0 Å². The Morgan fingerprint density at radius 3 is 2.63 bits per heavy atom. The van der Waals surface area contributed by atoms with Crippen LogP contribution < -0.4 is 10.2 Å². The molecule has 0 fully saturated rings. The van der Waals surface area contributed by atoms with E-state index in [0.29, 0.717) is 19.3 Å². The molecule has 106 valence electrons. The van der Waals surface area contributed by atoms with Crippen LogP contribution >= 0.6 is 0 Å². The summed E-state index contributed by atoms with van der Waals surface area (Å²) in [5.41, 5.74) is 2.41. The molecular formula is C15H24N2O2. The van der Waals surface area contributed by atoms with E-state index in [4.69, 9.17) is 9.47 Å². The number of anilines is 2. The molecule has 0 amide bonds. The van der Waals surface area contributed by atoms with Crippen LogP contribution in [0.3, 0.4) is 0 Å². The molecule has 2 rings (SSSR count). The Hall–Kier alpha value is -1.26. The molecule has 4 heteroatoms. The monoisotopic (exact) mass is 264 g/mol. The number of nitrogens with zero attached hydrogens (tertiary/aromatic N) is 1. The van der Waals surface area contributed by atoms with Gasteiger partial charge in [0.1, 0.15) is 0 Å². The van der Waals surface area contributed by atoms with Gasteiger partial charge in [0.25, 0.3) is 0 Å². The van der Waals surface area contributed by atoms with Crippen LogP contribution in [0.25, 0.3) is 0 Å². The summed E-state index contributed by atoms with van der Waals surface area (Å²) in [6.45, 7) is 9.28. The van der Waals surface area contributed by atoms with Crippen molar-refractivity contribution in [3.8, 4) is 0 Å². The molecule has 1 atom stereocenters. The number of hydrogen-bond donors (Lipinski definition) is 1. The molecule has 0 bridgehead atoms. The average Bonchev–Trinajstić information content (AvgIpc) is 2.42. The maximum Gasteiger partial charge on any atom is 0.174 e. The number of hydrogen-bond acceptors (Lipinski definition) is 4. The summed E-state index contributed by atoms with van der Waals surface area (Å²) in [7, 11) is 0. The summed E-state index contributed by atoms with van der Waals surface area (Å²) in [6.07, 6.45) is -0.163. The minimum Gasteiger partial charge on any atom is -0.381 e. The van der Waals surface area contributed by atoms with Gasteiger partial charge in [-0.05, 0) is 32.9 Å². The zero-order chi connectivity index (χ0) is 13.7. The van der Waals surface area contributed by atoms with Gasteiger partial charge in [0, 0.05) is 25.8 Å². The van der Waals surface area contributed by atoms with Crippen LogP contribution in [-0.2, 0) is 9.47 Å². The summed E-state index contributed by atoms with van der Waals surface area (Å²) in [4.78, 5) is 2.36. The Morgan fingerprint density at radius 1 is 1.26 bits per heavy atom. The number of rotatable bonds is 6. The average molecular weight is 264 g/mol. The van der Waals surface area contributed by atoms with Gasteiger partial charge in [-0.3, -0.25) is 0 Å². The van der Waals surface area contributed by atoms with Gasteiger partial charge in [0.2, 0.25) is 0 Å². The van der Waals surface area contributed by atoms with Gasteiger partial charge in [-0.15, -0.1) is 0 Å². The Labute approximate surface area is 115 Å². The van der Waals surface area contributed by atoms with Crippen molar-refractivity contribution >= 4 is 11.4 Å². The molecule has 1 aliphatic rings. The van der Waals surface area contributed by atoms with Crippen molar-refractivity contribution < 1.29 is 9.47 Å². The fourth-order valence-electron chi connectivity index (χ4n) is 2.44. The maximum atomic E-state index is 5.66. The summed E-state index contributed by atoms with van der Waals surface area (Å²) >= 11 is 0. The Kier molecular flexibility index (Phi) is 5.05. The van der Waals surface area contributed by atoms with Crippen LogP contribution in [-0.4, -0.2) is 38.6 Å². The van der Waals surface area contributed by atoms with Gasteiger partial charge in [0.05, 0.1) is 17.9 Å². The predicted molar refractivity (Wildman–Crippen MR) is 78.8 cm³/mol. The number of benzene rings is 1. The van der Waals surface area contributed by atoms with Crippen molar-refractivity contribution in [1.29, 1.82) is 0 Å². The number of para-hydroxylation sites is 2. The van der Waals surface area contributed by atoms with E-state index in [-0.39, 0.29) is 6.29 Å². The minimum absolute atomic E-state index is 0.163. The molecule has 1 unspecified atom stereocenters. The Morgan fingerprint density at radius 2 is 1.95 bits per heavy atom. The summed E-state index contributed by atoms with van der Waals surface area (Å²) < 4.78 is 11.3. The molecule has 1 aliphatic heterocycles. The van der Waals surface area contributed by atoms with E-state index in [1.807, 2.05) is 13.8 Å². The molecule has 0 spiro atoms. The van der Waals surface area contributed by atoms with Crippen LogP contribution in [0.15, 0.2) is 24.3 Å². The lowest BCUT2D eigenvalue weighted by molar-refractivity contribution is -0.130. The van der Waals surface area contributed by atoms with Crippen molar-refractivity contribution in [2.24, 2.45) is 0 Å². The van der Waals surface area contributed by atoms with Crippen molar-refractivity contribution in [2.75, 3.05) is 36.5 Å². The zero-order valence-corrected chi connectivity index (χ0v) is 12.1. The first kappa shape index (κ1) is 14.2. The molecule has 0 aliphatic carbocycles. The zero-order valence-electron chi connectivity index (χ0n) is 12.1. The maximum absolute atomic E-state index is 5.66. The van der Waals surface area contributed by atoms with E-state index >= 15 is 0 Å². The van der Waals surface area contributed by atoms with Crippen LogP contribution in [0.2, 0.25) is 0 Å². The highest BCUT2D eigenvalue weighted by molar-refractivity contribution is 5.72. The third kappa shape index (κ3) is 3.39.